The van der Waals surface area contributed by atoms with Gasteiger partial charge in [0.25, 0.3) is 5.91 Å². The van der Waals surface area contributed by atoms with Crippen LogP contribution in [-0.4, -0.2) is 35.5 Å². The first-order valence-electron chi connectivity index (χ1n) is 11.7. The lowest BCUT2D eigenvalue weighted by Crippen LogP contribution is -2.18. The number of likely N-dealkylation sites (tertiary alicyclic amines) is 1. The average molecular weight is 450 g/mol. The van der Waals surface area contributed by atoms with Crippen molar-refractivity contribution < 1.29 is 13.9 Å². The van der Waals surface area contributed by atoms with Gasteiger partial charge in [-0.3, -0.25) is 14.7 Å². The summed E-state index contributed by atoms with van der Waals surface area (Å²) in [5.41, 5.74) is 3.51. The first kappa shape index (κ1) is 23.2. The summed E-state index contributed by atoms with van der Waals surface area (Å²) in [5.74, 6) is -0.149. The number of aromatic nitrogens is 1. The third kappa shape index (κ3) is 5.69. The molecule has 6 heteroatoms. The van der Waals surface area contributed by atoms with E-state index in [1.165, 1.54) is 30.5 Å². The van der Waals surface area contributed by atoms with E-state index in [0.717, 1.165) is 42.5 Å². The number of pyridine rings is 1. The summed E-state index contributed by atoms with van der Waals surface area (Å²) in [4.78, 5) is 19.9. The highest BCUT2D eigenvalue weighted by Gasteiger charge is 2.16. The number of ether oxygens (including phenoxy) is 1. The van der Waals surface area contributed by atoms with Crippen LogP contribution in [0.3, 0.4) is 0 Å². The Hall–Kier alpha value is -2.99. The molecule has 174 valence electrons. The number of nitrogens with zero attached hydrogens (tertiary/aromatic N) is 2. The van der Waals surface area contributed by atoms with Crippen LogP contribution in [0.15, 0.2) is 42.6 Å². The molecule has 1 aliphatic rings. The largest absolute Gasteiger partial charge is 0.493 e. The Balaban J connectivity index is 1.46. The van der Waals surface area contributed by atoms with Gasteiger partial charge in [-0.25, -0.2) is 4.39 Å². The molecule has 0 unspecified atom stereocenters. The highest BCUT2D eigenvalue weighted by atomic mass is 19.1. The number of aryl methyl sites for hydroxylation is 1. The van der Waals surface area contributed by atoms with E-state index in [9.17, 15) is 9.18 Å². The van der Waals surface area contributed by atoms with E-state index in [0.29, 0.717) is 24.0 Å². The minimum Gasteiger partial charge on any atom is -0.493 e. The van der Waals surface area contributed by atoms with Crippen LogP contribution in [0.4, 0.5) is 10.1 Å². The molecule has 0 radical (unpaired) electrons. The van der Waals surface area contributed by atoms with E-state index in [1.54, 1.807) is 6.07 Å². The van der Waals surface area contributed by atoms with Crippen molar-refractivity contribution in [3.63, 3.8) is 0 Å². The maximum atomic E-state index is 14.6. The summed E-state index contributed by atoms with van der Waals surface area (Å²) in [6.45, 7) is 9.85. The number of amides is 1. The van der Waals surface area contributed by atoms with Crippen molar-refractivity contribution in [2.75, 3.05) is 25.0 Å². The molecule has 1 aromatic heterocycles. The van der Waals surface area contributed by atoms with E-state index in [-0.39, 0.29) is 5.56 Å². The highest BCUT2D eigenvalue weighted by molar-refractivity contribution is 6.06. The maximum absolute atomic E-state index is 14.6. The Bertz CT molecular complexity index is 1140. The van der Waals surface area contributed by atoms with Crippen LogP contribution in [0.2, 0.25) is 0 Å². The molecule has 3 aromatic rings. The fraction of sp³-hybridized carbons (Fsp3) is 0.407. The summed E-state index contributed by atoms with van der Waals surface area (Å²) < 4.78 is 20.2. The minimum absolute atomic E-state index is 0.0142. The predicted octanol–water partition coefficient (Wildman–Crippen LogP) is 5.96. The fourth-order valence-corrected chi connectivity index (χ4v) is 4.19. The molecule has 2 aromatic carbocycles. The highest BCUT2D eigenvalue weighted by Crippen LogP contribution is 2.26. The van der Waals surface area contributed by atoms with E-state index in [4.69, 9.17) is 4.74 Å². The first-order valence-corrected chi connectivity index (χ1v) is 11.7. The van der Waals surface area contributed by atoms with Gasteiger partial charge in [0.05, 0.1) is 17.7 Å². The Morgan fingerprint density at radius 3 is 2.70 bits per heavy atom. The fourth-order valence-electron chi connectivity index (χ4n) is 4.19. The van der Waals surface area contributed by atoms with Crippen molar-refractivity contribution in [2.45, 2.75) is 46.6 Å². The van der Waals surface area contributed by atoms with Crippen molar-refractivity contribution in [3.8, 4) is 5.75 Å². The predicted molar refractivity (Wildman–Crippen MR) is 130 cm³/mol. The second-order valence-electron chi connectivity index (χ2n) is 9.26. The van der Waals surface area contributed by atoms with Crippen molar-refractivity contribution in [3.05, 3.63) is 65.1 Å². The lowest BCUT2D eigenvalue weighted by Gasteiger charge is -2.16. The van der Waals surface area contributed by atoms with E-state index in [2.05, 4.69) is 35.1 Å². The van der Waals surface area contributed by atoms with Crippen LogP contribution >= 0.6 is 0 Å². The van der Waals surface area contributed by atoms with Crippen LogP contribution in [-0.2, 0) is 6.54 Å². The number of hydrogen-bond donors (Lipinski definition) is 1. The number of carbonyl (C=O) groups is 1. The second-order valence-corrected chi connectivity index (χ2v) is 9.26. The van der Waals surface area contributed by atoms with Gasteiger partial charge in [-0.1, -0.05) is 19.9 Å². The van der Waals surface area contributed by atoms with Crippen molar-refractivity contribution in [1.82, 2.24) is 9.88 Å². The number of rotatable bonds is 8. The zero-order valence-corrected chi connectivity index (χ0v) is 19.7. The Morgan fingerprint density at radius 1 is 1.18 bits per heavy atom. The summed E-state index contributed by atoms with van der Waals surface area (Å²) in [5, 5.41) is 3.88. The molecule has 5 nitrogen and oxygen atoms in total. The Labute approximate surface area is 195 Å². The second kappa shape index (κ2) is 10.3. The van der Waals surface area contributed by atoms with Crippen LogP contribution in [0.5, 0.6) is 5.75 Å². The summed E-state index contributed by atoms with van der Waals surface area (Å²) in [6, 6.07) is 10.4. The van der Waals surface area contributed by atoms with Gasteiger partial charge in [0, 0.05) is 29.9 Å². The van der Waals surface area contributed by atoms with Gasteiger partial charge in [-0.05, 0) is 80.6 Å². The number of benzene rings is 2. The molecule has 2 heterocycles. The molecule has 4 rings (SSSR count). The first-order chi connectivity index (χ1) is 15.9. The summed E-state index contributed by atoms with van der Waals surface area (Å²) >= 11 is 0. The van der Waals surface area contributed by atoms with Gasteiger partial charge in [0.1, 0.15) is 11.6 Å². The average Bonchev–Trinajstić information content (AvgIpc) is 3.28. The van der Waals surface area contributed by atoms with Crippen LogP contribution in [0, 0.1) is 18.7 Å². The number of carbonyl (C=O) groups excluding carboxylic acids is 1. The molecule has 0 bridgehead atoms. The third-order valence-corrected chi connectivity index (χ3v) is 6.16. The zero-order chi connectivity index (χ0) is 23.4. The Kier molecular flexibility index (Phi) is 7.23. The standard InChI is InChI=1S/C27H32FN3O2/c1-18(2)10-13-33-22-7-8-23(24(28)15-22)27(32)30-25-9-6-21-14-20(16-29-26(21)19(25)3)17-31-11-4-5-12-31/h6-9,14-16,18H,4-5,10-13,17H2,1-3H3,(H,30,32). The topological polar surface area (TPSA) is 54.5 Å². The molecule has 33 heavy (non-hydrogen) atoms. The molecule has 1 fully saturated rings. The monoisotopic (exact) mass is 449 g/mol. The smallest absolute Gasteiger partial charge is 0.258 e. The van der Waals surface area contributed by atoms with E-state index < -0.39 is 11.7 Å². The number of hydrogen-bond acceptors (Lipinski definition) is 4. The number of fused-ring (bicyclic) bond motifs is 1. The number of nitrogens with one attached hydrogen (secondary N) is 1. The summed E-state index contributed by atoms with van der Waals surface area (Å²) in [6.07, 6.45) is 5.32. The van der Waals surface area contributed by atoms with Gasteiger partial charge in [-0.2, -0.15) is 0 Å². The molecule has 0 atom stereocenters. The van der Waals surface area contributed by atoms with Gasteiger partial charge in [0.15, 0.2) is 0 Å². The van der Waals surface area contributed by atoms with Crippen LogP contribution in [0.25, 0.3) is 10.9 Å². The maximum Gasteiger partial charge on any atom is 0.258 e. The normalized spacial score (nSPS) is 14.2. The molecular formula is C27H32FN3O2. The van der Waals surface area contributed by atoms with E-state index in [1.807, 2.05) is 25.3 Å². The molecule has 1 amide bonds. The van der Waals surface area contributed by atoms with E-state index >= 15 is 0 Å². The molecule has 1 aliphatic heterocycles. The molecule has 1 saturated heterocycles. The Morgan fingerprint density at radius 2 is 1.97 bits per heavy atom. The van der Waals surface area contributed by atoms with Crippen LogP contribution in [0.1, 0.15) is 54.6 Å². The third-order valence-electron chi connectivity index (χ3n) is 6.16. The number of halogens is 1. The molecule has 0 aliphatic carbocycles. The SMILES string of the molecule is Cc1c(NC(=O)c2ccc(OCCC(C)C)cc2F)ccc2cc(CN3CCCC3)cnc12. The summed E-state index contributed by atoms with van der Waals surface area (Å²) in [7, 11) is 0. The lowest BCUT2D eigenvalue weighted by molar-refractivity contribution is 0.102. The van der Waals surface area contributed by atoms with Gasteiger partial charge >= 0.3 is 0 Å². The van der Waals surface area contributed by atoms with Crippen molar-refractivity contribution in [2.24, 2.45) is 5.92 Å². The van der Waals surface area contributed by atoms with Crippen LogP contribution < -0.4 is 10.1 Å². The van der Waals surface area contributed by atoms with Gasteiger partial charge in [0.2, 0.25) is 0 Å². The van der Waals surface area contributed by atoms with Crippen molar-refractivity contribution >= 4 is 22.5 Å². The molecule has 1 N–H and O–H groups in total. The van der Waals surface area contributed by atoms with Gasteiger partial charge in [-0.15, -0.1) is 0 Å². The minimum atomic E-state index is -0.599. The van der Waals surface area contributed by atoms with Gasteiger partial charge < -0.3 is 10.1 Å². The molecule has 0 spiro atoms. The quantitative estimate of drug-likeness (QED) is 0.461. The molecule has 0 saturated carbocycles. The molecular weight excluding hydrogens is 417 g/mol. The number of anilines is 1. The lowest BCUT2D eigenvalue weighted by atomic mass is 10.1. The van der Waals surface area contributed by atoms with Crippen molar-refractivity contribution in [1.29, 1.82) is 0 Å². The zero-order valence-electron chi connectivity index (χ0n) is 19.7.